The molecule has 1 aliphatic heterocycles. The molecule has 0 bridgehead atoms. The monoisotopic (exact) mass is 240 g/mol. The maximum absolute atomic E-state index is 6.12. The van der Waals surface area contributed by atoms with Crippen molar-refractivity contribution in [3.05, 3.63) is 5.69 Å². The van der Waals surface area contributed by atoms with E-state index in [0.717, 1.165) is 36.8 Å². The SMILES string of the molecule is CCn1nc(C)c(N)c1N1CCSC(C)C1. The molecule has 1 fully saturated rings. The zero-order valence-electron chi connectivity index (χ0n) is 10.2. The van der Waals surface area contributed by atoms with Gasteiger partial charge in [0.25, 0.3) is 0 Å². The first kappa shape index (κ1) is 11.6. The third-order valence-corrected chi connectivity index (χ3v) is 4.12. The second-order valence-corrected chi connectivity index (χ2v) is 5.81. The molecule has 2 N–H and O–H groups in total. The predicted molar refractivity (Wildman–Crippen MR) is 71.2 cm³/mol. The Hall–Kier alpha value is -0.840. The molecule has 5 heteroatoms. The van der Waals surface area contributed by atoms with Crippen LogP contribution in [-0.2, 0) is 6.54 Å². The Morgan fingerprint density at radius 1 is 1.56 bits per heavy atom. The van der Waals surface area contributed by atoms with Gasteiger partial charge in [0.05, 0.1) is 11.4 Å². The molecule has 1 aliphatic rings. The van der Waals surface area contributed by atoms with Gasteiger partial charge in [-0.3, -0.25) is 0 Å². The Labute approximate surface area is 101 Å². The molecule has 90 valence electrons. The van der Waals surface area contributed by atoms with Crippen molar-refractivity contribution < 1.29 is 0 Å². The highest BCUT2D eigenvalue weighted by Gasteiger charge is 2.23. The standard InChI is InChI=1S/C11H20N4S/c1-4-15-11(10(12)9(3)13-15)14-5-6-16-8(2)7-14/h8H,4-7,12H2,1-3H3. The van der Waals surface area contributed by atoms with Gasteiger partial charge in [0.2, 0.25) is 0 Å². The van der Waals surface area contributed by atoms with Gasteiger partial charge in [-0.2, -0.15) is 16.9 Å². The summed E-state index contributed by atoms with van der Waals surface area (Å²) in [5.74, 6) is 2.29. The van der Waals surface area contributed by atoms with E-state index in [0.29, 0.717) is 5.25 Å². The van der Waals surface area contributed by atoms with E-state index in [1.54, 1.807) is 0 Å². The van der Waals surface area contributed by atoms with Gasteiger partial charge in [0, 0.05) is 30.6 Å². The molecule has 1 unspecified atom stereocenters. The van der Waals surface area contributed by atoms with E-state index < -0.39 is 0 Å². The molecular formula is C11H20N4S. The summed E-state index contributed by atoms with van der Waals surface area (Å²) in [6.07, 6.45) is 0. The summed E-state index contributed by atoms with van der Waals surface area (Å²) in [5.41, 5.74) is 7.92. The third kappa shape index (κ3) is 2.00. The Morgan fingerprint density at radius 3 is 2.94 bits per heavy atom. The van der Waals surface area contributed by atoms with Crippen LogP contribution in [0.25, 0.3) is 0 Å². The molecule has 1 atom stereocenters. The Bertz CT molecular complexity index is 374. The number of rotatable bonds is 2. The van der Waals surface area contributed by atoms with Crippen molar-refractivity contribution in [1.29, 1.82) is 0 Å². The maximum Gasteiger partial charge on any atom is 0.150 e. The number of aromatic nitrogens is 2. The Kier molecular flexibility index (Phi) is 3.33. The number of nitrogens with two attached hydrogens (primary N) is 1. The lowest BCUT2D eigenvalue weighted by Gasteiger charge is -2.32. The molecule has 0 amide bonds. The highest BCUT2D eigenvalue weighted by atomic mass is 32.2. The fourth-order valence-electron chi connectivity index (χ4n) is 2.15. The van der Waals surface area contributed by atoms with E-state index in [2.05, 4.69) is 23.8 Å². The lowest BCUT2D eigenvalue weighted by molar-refractivity contribution is 0.628. The minimum absolute atomic E-state index is 0.675. The molecule has 4 nitrogen and oxygen atoms in total. The molecule has 1 aromatic rings. The predicted octanol–water partition coefficient (Wildman–Crippen LogP) is 1.74. The number of anilines is 2. The number of thioether (sulfide) groups is 1. The molecule has 0 aliphatic carbocycles. The lowest BCUT2D eigenvalue weighted by atomic mass is 10.3. The summed E-state index contributed by atoms with van der Waals surface area (Å²) in [5, 5.41) is 5.15. The Balaban J connectivity index is 2.30. The quantitative estimate of drug-likeness (QED) is 0.855. The summed E-state index contributed by atoms with van der Waals surface area (Å²) in [6, 6.07) is 0. The second kappa shape index (κ2) is 4.57. The summed E-state index contributed by atoms with van der Waals surface area (Å²) < 4.78 is 2.02. The lowest BCUT2D eigenvalue weighted by Crippen LogP contribution is -2.38. The highest BCUT2D eigenvalue weighted by Crippen LogP contribution is 2.30. The Morgan fingerprint density at radius 2 is 2.31 bits per heavy atom. The van der Waals surface area contributed by atoms with E-state index in [-0.39, 0.29) is 0 Å². The van der Waals surface area contributed by atoms with E-state index in [4.69, 9.17) is 5.73 Å². The minimum Gasteiger partial charge on any atom is -0.394 e. The van der Waals surface area contributed by atoms with Crippen molar-refractivity contribution in [2.24, 2.45) is 0 Å². The van der Waals surface area contributed by atoms with Gasteiger partial charge >= 0.3 is 0 Å². The number of hydrogen-bond donors (Lipinski definition) is 1. The smallest absolute Gasteiger partial charge is 0.150 e. The van der Waals surface area contributed by atoms with E-state index in [1.165, 1.54) is 5.75 Å². The van der Waals surface area contributed by atoms with Crippen molar-refractivity contribution in [1.82, 2.24) is 9.78 Å². The molecule has 2 heterocycles. The van der Waals surface area contributed by atoms with Crippen molar-refractivity contribution >= 4 is 23.3 Å². The highest BCUT2D eigenvalue weighted by molar-refractivity contribution is 8.00. The number of hydrogen-bond acceptors (Lipinski definition) is 4. The molecule has 0 aromatic carbocycles. The van der Waals surface area contributed by atoms with Gasteiger partial charge in [-0.15, -0.1) is 0 Å². The van der Waals surface area contributed by atoms with Crippen molar-refractivity contribution in [3.63, 3.8) is 0 Å². The van der Waals surface area contributed by atoms with Crippen LogP contribution in [0.5, 0.6) is 0 Å². The molecule has 2 rings (SSSR count). The van der Waals surface area contributed by atoms with Crippen LogP contribution in [0.3, 0.4) is 0 Å². The van der Waals surface area contributed by atoms with Crippen LogP contribution in [-0.4, -0.2) is 33.9 Å². The van der Waals surface area contributed by atoms with Crippen LogP contribution in [0.1, 0.15) is 19.5 Å². The third-order valence-electron chi connectivity index (χ3n) is 2.99. The second-order valence-electron chi connectivity index (χ2n) is 4.27. The first-order chi connectivity index (χ1) is 7.63. The van der Waals surface area contributed by atoms with Crippen LogP contribution in [0.2, 0.25) is 0 Å². The van der Waals surface area contributed by atoms with Crippen LogP contribution in [0.4, 0.5) is 11.5 Å². The zero-order chi connectivity index (χ0) is 11.7. The first-order valence-electron chi connectivity index (χ1n) is 5.83. The van der Waals surface area contributed by atoms with Gasteiger partial charge in [0.1, 0.15) is 0 Å². The molecule has 16 heavy (non-hydrogen) atoms. The summed E-state index contributed by atoms with van der Waals surface area (Å²) in [7, 11) is 0. The van der Waals surface area contributed by atoms with Gasteiger partial charge in [-0.05, 0) is 13.8 Å². The van der Waals surface area contributed by atoms with E-state index in [9.17, 15) is 0 Å². The molecular weight excluding hydrogens is 220 g/mol. The maximum atomic E-state index is 6.12. The molecule has 0 saturated carbocycles. The number of aryl methyl sites for hydroxylation is 2. The van der Waals surface area contributed by atoms with Crippen molar-refractivity contribution in [2.45, 2.75) is 32.6 Å². The van der Waals surface area contributed by atoms with E-state index in [1.807, 2.05) is 23.4 Å². The minimum atomic E-state index is 0.675. The normalized spacial score (nSPS) is 21.4. The van der Waals surface area contributed by atoms with Crippen LogP contribution >= 0.6 is 11.8 Å². The van der Waals surface area contributed by atoms with E-state index >= 15 is 0 Å². The number of nitrogens with zero attached hydrogens (tertiary/aromatic N) is 3. The topological polar surface area (TPSA) is 47.1 Å². The fraction of sp³-hybridized carbons (Fsp3) is 0.727. The van der Waals surface area contributed by atoms with Crippen molar-refractivity contribution in [3.8, 4) is 0 Å². The fourth-order valence-corrected chi connectivity index (χ4v) is 3.16. The van der Waals surface area contributed by atoms with Crippen LogP contribution in [0.15, 0.2) is 0 Å². The van der Waals surface area contributed by atoms with Crippen LogP contribution < -0.4 is 10.6 Å². The first-order valence-corrected chi connectivity index (χ1v) is 6.87. The average Bonchev–Trinajstić information content (AvgIpc) is 2.55. The van der Waals surface area contributed by atoms with Crippen molar-refractivity contribution in [2.75, 3.05) is 29.5 Å². The average molecular weight is 240 g/mol. The largest absolute Gasteiger partial charge is 0.394 e. The van der Waals surface area contributed by atoms with Gasteiger partial charge < -0.3 is 10.6 Å². The molecule has 1 saturated heterocycles. The summed E-state index contributed by atoms with van der Waals surface area (Å²) in [4.78, 5) is 2.38. The summed E-state index contributed by atoms with van der Waals surface area (Å²) in [6.45, 7) is 9.38. The van der Waals surface area contributed by atoms with Crippen LogP contribution in [0, 0.1) is 6.92 Å². The van der Waals surface area contributed by atoms with Gasteiger partial charge in [-0.1, -0.05) is 6.92 Å². The molecule has 0 spiro atoms. The van der Waals surface area contributed by atoms with Gasteiger partial charge in [-0.25, -0.2) is 4.68 Å². The zero-order valence-corrected chi connectivity index (χ0v) is 11.0. The van der Waals surface area contributed by atoms with Gasteiger partial charge in [0.15, 0.2) is 5.82 Å². The number of nitrogen functional groups attached to an aromatic ring is 1. The molecule has 1 aromatic heterocycles. The summed E-state index contributed by atoms with van der Waals surface area (Å²) >= 11 is 2.03. The molecule has 0 radical (unpaired) electrons.